The summed E-state index contributed by atoms with van der Waals surface area (Å²) in [6.07, 6.45) is 0. The molecule has 106 valence electrons. The van der Waals surface area contributed by atoms with Crippen LogP contribution in [0, 0.1) is 0 Å². The minimum atomic E-state index is -0.0766. The highest BCUT2D eigenvalue weighted by Gasteiger charge is 2.08. The third kappa shape index (κ3) is 4.34. The summed E-state index contributed by atoms with van der Waals surface area (Å²) in [5, 5.41) is 0. The van der Waals surface area contributed by atoms with Crippen LogP contribution in [-0.2, 0) is 11.3 Å². The summed E-state index contributed by atoms with van der Waals surface area (Å²) >= 11 is 3.43. The predicted molar refractivity (Wildman–Crippen MR) is 83.5 cm³/mol. The first kappa shape index (κ1) is 15.0. The molecule has 0 saturated carbocycles. The highest BCUT2D eigenvalue weighted by molar-refractivity contribution is 9.10. The summed E-state index contributed by atoms with van der Waals surface area (Å²) < 4.78 is 12.1. The van der Waals surface area contributed by atoms with Gasteiger partial charge in [-0.2, -0.15) is 0 Å². The van der Waals surface area contributed by atoms with Gasteiger partial charge in [0.1, 0.15) is 5.75 Å². The van der Waals surface area contributed by atoms with Gasteiger partial charge in [-0.1, -0.05) is 52.3 Å². The molecule has 0 aromatic heterocycles. The first-order valence-corrected chi connectivity index (χ1v) is 7.25. The maximum atomic E-state index is 5.92. The number of ether oxygens (including phenoxy) is 2. The summed E-state index contributed by atoms with van der Waals surface area (Å²) in [5.41, 5.74) is 8.02. The zero-order valence-electron chi connectivity index (χ0n) is 11.4. The molecule has 0 radical (unpaired) electrons. The molecule has 0 unspecified atom stereocenters. The van der Waals surface area contributed by atoms with Gasteiger partial charge in [-0.15, -0.1) is 0 Å². The lowest BCUT2D eigenvalue weighted by atomic mass is 10.1. The first-order valence-electron chi connectivity index (χ1n) is 6.46. The summed E-state index contributed by atoms with van der Waals surface area (Å²) in [5.74, 6) is 0.752. The van der Waals surface area contributed by atoms with Crippen molar-refractivity contribution in [1.82, 2.24) is 0 Å². The van der Waals surface area contributed by atoms with Crippen LogP contribution >= 0.6 is 15.9 Å². The maximum absolute atomic E-state index is 5.92. The third-order valence-electron chi connectivity index (χ3n) is 2.88. The second-order valence-corrected chi connectivity index (χ2v) is 5.48. The van der Waals surface area contributed by atoms with Crippen molar-refractivity contribution in [3.8, 4) is 5.75 Å². The molecule has 3 nitrogen and oxygen atoms in total. The standard InChI is InChI=1S/C16H18BrNO2/c1-12(18)15-8-7-14(17)9-16(15)20-11-19-10-13-5-3-2-4-6-13/h2-9,12H,10-11,18H2,1H3/t12-/m0/s1. The van der Waals surface area contributed by atoms with Crippen molar-refractivity contribution < 1.29 is 9.47 Å². The lowest BCUT2D eigenvalue weighted by Gasteiger charge is -2.14. The van der Waals surface area contributed by atoms with E-state index in [4.69, 9.17) is 15.2 Å². The van der Waals surface area contributed by atoms with E-state index in [-0.39, 0.29) is 12.8 Å². The third-order valence-corrected chi connectivity index (χ3v) is 3.37. The van der Waals surface area contributed by atoms with Crippen LogP contribution in [0.3, 0.4) is 0 Å². The SMILES string of the molecule is C[C@H](N)c1ccc(Br)cc1OCOCc1ccccc1. The number of hydrogen-bond acceptors (Lipinski definition) is 3. The molecule has 2 aromatic carbocycles. The molecule has 0 bridgehead atoms. The van der Waals surface area contributed by atoms with Gasteiger partial charge in [-0.25, -0.2) is 0 Å². The van der Waals surface area contributed by atoms with Crippen molar-refractivity contribution in [3.63, 3.8) is 0 Å². The molecule has 0 saturated heterocycles. The quantitative estimate of drug-likeness (QED) is 0.640. The topological polar surface area (TPSA) is 44.5 Å². The van der Waals surface area contributed by atoms with E-state index < -0.39 is 0 Å². The van der Waals surface area contributed by atoms with E-state index in [1.807, 2.05) is 55.5 Å². The molecule has 1 atom stereocenters. The number of nitrogens with two attached hydrogens (primary N) is 1. The largest absolute Gasteiger partial charge is 0.467 e. The van der Waals surface area contributed by atoms with Crippen LogP contribution in [0.4, 0.5) is 0 Å². The molecular formula is C16H18BrNO2. The minimum absolute atomic E-state index is 0.0766. The zero-order valence-corrected chi connectivity index (χ0v) is 13.0. The minimum Gasteiger partial charge on any atom is -0.467 e. The number of hydrogen-bond donors (Lipinski definition) is 1. The molecule has 2 rings (SSSR count). The van der Waals surface area contributed by atoms with E-state index in [1.54, 1.807) is 0 Å². The highest BCUT2D eigenvalue weighted by atomic mass is 79.9. The Bertz CT molecular complexity index is 543. The van der Waals surface area contributed by atoms with Crippen molar-refractivity contribution in [2.75, 3.05) is 6.79 Å². The molecule has 0 fully saturated rings. The molecule has 0 amide bonds. The van der Waals surface area contributed by atoms with Crippen molar-refractivity contribution in [2.45, 2.75) is 19.6 Å². The van der Waals surface area contributed by atoms with Gasteiger partial charge in [0.15, 0.2) is 6.79 Å². The molecule has 20 heavy (non-hydrogen) atoms. The van der Waals surface area contributed by atoms with Gasteiger partial charge in [0, 0.05) is 16.1 Å². The monoisotopic (exact) mass is 335 g/mol. The van der Waals surface area contributed by atoms with Crippen LogP contribution in [0.1, 0.15) is 24.1 Å². The molecule has 2 aromatic rings. The van der Waals surface area contributed by atoms with Crippen LogP contribution in [0.15, 0.2) is 53.0 Å². The molecular weight excluding hydrogens is 318 g/mol. The molecule has 2 N–H and O–H groups in total. The summed E-state index contributed by atoms with van der Waals surface area (Å²) in [7, 11) is 0. The van der Waals surface area contributed by atoms with Crippen LogP contribution in [0.5, 0.6) is 5.75 Å². The molecule has 0 aliphatic rings. The van der Waals surface area contributed by atoms with E-state index >= 15 is 0 Å². The van der Waals surface area contributed by atoms with Gasteiger partial charge < -0.3 is 15.2 Å². The van der Waals surface area contributed by atoms with Gasteiger partial charge in [-0.3, -0.25) is 0 Å². The van der Waals surface area contributed by atoms with Gasteiger partial charge in [0.2, 0.25) is 0 Å². The average Bonchev–Trinajstić information content (AvgIpc) is 2.44. The van der Waals surface area contributed by atoms with Gasteiger partial charge in [-0.05, 0) is 24.6 Å². The number of benzene rings is 2. The molecule has 0 heterocycles. The Morgan fingerprint density at radius 3 is 2.60 bits per heavy atom. The van der Waals surface area contributed by atoms with E-state index in [1.165, 1.54) is 0 Å². The number of rotatable bonds is 6. The number of halogens is 1. The molecule has 0 aliphatic heterocycles. The Kier molecular flexibility index (Phi) is 5.59. The van der Waals surface area contributed by atoms with Crippen molar-refractivity contribution in [3.05, 3.63) is 64.1 Å². The van der Waals surface area contributed by atoms with Crippen LogP contribution < -0.4 is 10.5 Å². The van der Waals surface area contributed by atoms with E-state index in [0.29, 0.717) is 6.61 Å². The molecule has 0 aliphatic carbocycles. The Morgan fingerprint density at radius 1 is 1.15 bits per heavy atom. The van der Waals surface area contributed by atoms with E-state index in [9.17, 15) is 0 Å². The van der Waals surface area contributed by atoms with Gasteiger partial charge >= 0.3 is 0 Å². The normalized spacial score (nSPS) is 12.2. The van der Waals surface area contributed by atoms with Crippen molar-refractivity contribution in [2.24, 2.45) is 5.73 Å². The van der Waals surface area contributed by atoms with Crippen molar-refractivity contribution in [1.29, 1.82) is 0 Å². The second kappa shape index (κ2) is 7.43. The summed E-state index contributed by atoms with van der Waals surface area (Å²) in [4.78, 5) is 0. The Balaban J connectivity index is 1.89. The van der Waals surface area contributed by atoms with E-state index in [0.717, 1.165) is 21.3 Å². The van der Waals surface area contributed by atoms with Crippen LogP contribution in [0.2, 0.25) is 0 Å². The van der Waals surface area contributed by atoms with Crippen molar-refractivity contribution >= 4 is 15.9 Å². The average molecular weight is 336 g/mol. The smallest absolute Gasteiger partial charge is 0.189 e. The highest BCUT2D eigenvalue weighted by Crippen LogP contribution is 2.27. The van der Waals surface area contributed by atoms with Gasteiger partial charge in [0.05, 0.1) is 6.61 Å². The lowest BCUT2D eigenvalue weighted by Crippen LogP contribution is -2.10. The van der Waals surface area contributed by atoms with Crippen LogP contribution in [-0.4, -0.2) is 6.79 Å². The lowest BCUT2D eigenvalue weighted by molar-refractivity contribution is 0.00438. The maximum Gasteiger partial charge on any atom is 0.189 e. The van der Waals surface area contributed by atoms with E-state index in [2.05, 4.69) is 15.9 Å². The zero-order chi connectivity index (χ0) is 14.4. The van der Waals surface area contributed by atoms with Crippen LogP contribution in [0.25, 0.3) is 0 Å². The summed E-state index contributed by atoms with van der Waals surface area (Å²) in [6.45, 7) is 2.66. The summed E-state index contributed by atoms with van der Waals surface area (Å²) in [6, 6.07) is 15.7. The molecule has 0 spiro atoms. The second-order valence-electron chi connectivity index (χ2n) is 4.57. The Labute approximate surface area is 127 Å². The Morgan fingerprint density at radius 2 is 1.90 bits per heavy atom. The first-order chi connectivity index (χ1) is 9.66. The van der Waals surface area contributed by atoms with Gasteiger partial charge in [0.25, 0.3) is 0 Å². The fourth-order valence-electron chi connectivity index (χ4n) is 1.85. The predicted octanol–water partition coefficient (Wildman–Crippen LogP) is 4.02. The Hall–Kier alpha value is -1.36. The fraction of sp³-hybridized carbons (Fsp3) is 0.250. The molecule has 4 heteroatoms. The fourth-order valence-corrected chi connectivity index (χ4v) is 2.19.